The van der Waals surface area contributed by atoms with Gasteiger partial charge in [-0.05, 0) is 49.4 Å². The lowest BCUT2D eigenvalue weighted by Crippen LogP contribution is -2.47. The Morgan fingerprint density at radius 1 is 1.00 bits per heavy atom. The largest absolute Gasteiger partial charge is 0.367 e. The number of hydrogen-bond donors (Lipinski definition) is 1. The molecule has 27 heavy (non-hydrogen) atoms. The second-order valence-corrected chi connectivity index (χ2v) is 8.69. The molecular weight excluding hydrogens is 389 g/mol. The molecule has 1 aliphatic heterocycles. The summed E-state index contributed by atoms with van der Waals surface area (Å²) in [6.45, 7) is 4.36. The van der Waals surface area contributed by atoms with Crippen molar-refractivity contribution in [2.75, 3.05) is 44.2 Å². The Labute approximate surface area is 164 Å². The van der Waals surface area contributed by atoms with E-state index in [9.17, 15) is 12.8 Å². The first-order chi connectivity index (χ1) is 13.0. The highest BCUT2D eigenvalue weighted by atomic mass is 35.5. The van der Waals surface area contributed by atoms with Crippen LogP contribution < -0.4 is 9.62 Å². The van der Waals surface area contributed by atoms with Gasteiger partial charge < -0.3 is 4.90 Å². The molecule has 1 fully saturated rings. The number of nitrogens with zero attached hydrogens (tertiary/aromatic N) is 2. The third kappa shape index (κ3) is 5.42. The van der Waals surface area contributed by atoms with Crippen molar-refractivity contribution in [3.05, 3.63) is 59.4 Å². The maximum atomic E-state index is 13.9. The van der Waals surface area contributed by atoms with E-state index in [0.717, 1.165) is 32.7 Å². The van der Waals surface area contributed by atoms with Gasteiger partial charge in [0.05, 0.1) is 10.6 Å². The Morgan fingerprint density at radius 3 is 2.33 bits per heavy atom. The Morgan fingerprint density at radius 2 is 1.67 bits per heavy atom. The summed E-state index contributed by atoms with van der Waals surface area (Å²) in [7, 11) is -3.51. The second kappa shape index (κ2) is 9.01. The highest BCUT2D eigenvalue weighted by Crippen LogP contribution is 2.20. The summed E-state index contributed by atoms with van der Waals surface area (Å²) in [5.41, 5.74) is 0.646. The van der Waals surface area contributed by atoms with Gasteiger partial charge in [0, 0.05) is 37.7 Å². The fourth-order valence-electron chi connectivity index (χ4n) is 3.13. The molecule has 0 aromatic heterocycles. The Kier molecular flexibility index (Phi) is 6.70. The molecule has 1 aliphatic rings. The maximum absolute atomic E-state index is 13.9. The molecule has 8 heteroatoms. The van der Waals surface area contributed by atoms with Gasteiger partial charge >= 0.3 is 0 Å². The van der Waals surface area contributed by atoms with E-state index < -0.39 is 10.0 Å². The zero-order valence-electron chi connectivity index (χ0n) is 14.9. The molecule has 5 nitrogen and oxygen atoms in total. The predicted molar refractivity (Wildman–Crippen MR) is 106 cm³/mol. The van der Waals surface area contributed by atoms with E-state index >= 15 is 0 Å². The van der Waals surface area contributed by atoms with E-state index in [-0.39, 0.29) is 10.7 Å². The molecule has 146 valence electrons. The third-order valence-corrected chi connectivity index (χ3v) is 6.36. The lowest BCUT2D eigenvalue weighted by molar-refractivity contribution is 0.255. The normalized spacial score (nSPS) is 15.9. The summed E-state index contributed by atoms with van der Waals surface area (Å²) in [4.78, 5) is 4.54. The van der Waals surface area contributed by atoms with Crippen LogP contribution >= 0.6 is 11.6 Å². The van der Waals surface area contributed by atoms with E-state index in [1.165, 1.54) is 18.2 Å². The van der Waals surface area contributed by atoms with E-state index in [2.05, 4.69) is 14.5 Å². The molecule has 2 aromatic rings. The van der Waals surface area contributed by atoms with E-state index in [1.807, 2.05) is 6.07 Å². The van der Waals surface area contributed by atoms with Gasteiger partial charge in [0.15, 0.2) is 0 Å². The van der Waals surface area contributed by atoms with Crippen molar-refractivity contribution in [3.8, 4) is 0 Å². The SMILES string of the molecule is O=S(=O)(NCCCN1CCN(c2ccccc2F)CC1)c1ccc(Cl)cc1. The first kappa shape index (κ1) is 20.1. The van der Waals surface area contributed by atoms with Crippen LogP contribution in [0.2, 0.25) is 5.02 Å². The van der Waals surface area contributed by atoms with Crippen molar-refractivity contribution in [1.29, 1.82) is 0 Å². The molecule has 0 radical (unpaired) electrons. The molecule has 0 atom stereocenters. The first-order valence-corrected chi connectivity index (χ1v) is 10.8. The van der Waals surface area contributed by atoms with Crippen LogP contribution in [0.1, 0.15) is 6.42 Å². The van der Waals surface area contributed by atoms with Gasteiger partial charge in [-0.1, -0.05) is 23.7 Å². The Hall–Kier alpha value is -1.67. The molecule has 2 aromatic carbocycles. The predicted octanol–water partition coefficient (Wildman–Crippen LogP) is 2.97. The van der Waals surface area contributed by atoms with Gasteiger partial charge in [-0.2, -0.15) is 0 Å². The number of halogens is 2. The van der Waals surface area contributed by atoms with Crippen LogP contribution in [0.5, 0.6) is 0 Å². The van der Waals surface area contributed by atoms with Crippen LogP contribution in [0.25, 0.3) is 0 Å². The molecule has 1 N–H and O–H groups in total. The fourth-order valence-corrected chi connectivity index (χ4v) is 4.33. The van der Waals surface area contributed by atoms with Crippen molar-refractivity contribution in [3.63, 3.8) is 0 Å². The molecule has 3 rings (SSSR count). The van der Waals surface area contributed by atoms with Crippen LogP contribution in [0.15, 0.2) is 53.4 Å². The van der Waals surface area contributed by atoms with Crippen LogP contribution in [0.3, 0.4) is 0 Å². The van der Waals surface area contributed by atoms with Crippen molar-refractivity contribution in [2.24, 2.45) is 0 Å². The summed E-state index contributed by atoms with van der Waals surface area (Å²) >= 11 is 5.79. The molecule has 0 saturated carbocycles. The van der Waals surface area contributed by atoms with E-state index in [1.54, 1.807) is 24.3 Å². The van der Waals surface area contributed by atoms with Gasteiger partial charge in [0.25, 0.3) is 0 Å². The number of piperazine rings is 1. The number of rotatable bonds is 7. The Balaban J connectivity index is 1.40. The van der Waals surface area contributed by atoms with Crippen molar-refractivity contribution < 1.29 is 12.8 Å². The number of benzene rings is 2. The van der Waals surface area contributed by atoms with E-state index in [4.69, 9.17) is 11.6 Å². The van der Waals surface area contributed by atoms with Crippen LogP contribution in [-0.4, -0.2) is 52.6 Å². The average molecular weight is 412 g/mol. The maximum Gasteiger partial charge on any atom is 0.240 e. The summed E-state index contributed by atoms with van der Waals surface area (Å²) in [5, 5.41) is 0.503. The average Bonchev–Trinajstić information content (AvgIpc) is 2.67. The van der Waals surface area contributed by atoms with Crippen LogP contribution in [0.4, 0.5) is 10.1 Å². The number of nitrogens with one attached hydrogen (secondary N) is 1. The van der Waals surface area contributed by atoms with Crippen LogP contribution in [-0.2, 0) is 10.0 Å². The lowest BCUT2D eigenvalue weighted by atomic mass is 10.2. The molecule has 1 saturated heterocycles. The topological polar surface area (TPSA) is 52.7 Å². The van der Waals surface area contributed by atoms with E-state index in [0.29, 0.717) is 23.7 Å². The zero-order valence-corrected chi connectivity index (χ0v) is 16.5. The molecule has 0 unspecified atom stereocenters. The number of anilines is 1. The van der Waals surface area contributed by atoms with Gasteiger partial charge in [-0.15, -0.1) is 0 Å². The van der Waals surface area contributed by atoms with Gasteiger partial charge in [0.1, 0.15) is 5.82 Å². The first-order valence-electron chi connectivity index (χ1n) is 8.93. The van der Waals surface area contributed by atoms with Gasteiger partial charge in [-0.3, -0.25) is 4.90 Å². The molecule has 1 heterocycles. The Bertz CT molecular complexity index is 854. The monoisotopic (exact) mass is 411 g/mol. The third-order valence-electron chi connectivity index (χ3n) is 4.63. The smallest absolute Gasteiger partial charge is 0.240 e. The highest BCUT2D eigenvalue weighted by Gasteiger charge is 2.19. The van der Waals surface area contributed by atoms with Crippen molar-refractivity contribution >= 4 is 27.3 Å². The van der Waals surface area contributed by atoms with Gasteiger partial charge in [-0.25, -0.2) is 17.5 Å². The fraction of sp³-hybridized carbons (Fsp3) is 0.368. The molecular formula is C19H23ClFN3O2S. The number of para-hydroxylation sites is 1. The summed E-state index contributed by atoms with van der Waals surface area (Å²) in [6, 6.07) is 12.9. The quantitative estimate of drug-likeness (QED) is 0.712. The summed E-state index contributed by atoms with van der Waals surface area (Å²) in [5.74, 6) is -0.192. The minimum atomic E-state index is -3.51. The minimum Gasteiger partial charge on any atom is -0.367 e. The lowest BCUT2D eigenvalue weighted by Gasteiger charge is -2.36. The highest BCUT2D eigenvalue weighted by molar-refractivity contribution is 7.89. The number of sulfonamides is 1. The van der Waals surface area contributed by atoms with Crippen molar-refractivity contribution in [1.82, 2.24) is 9.62 Å². The zero-order chi connectivity index (χ0) is 19.3. The van der Waals surface area contributed by atoms with Gasteiger partial charge in [0.2, 0.25) is 10.0 Å². The number of hydrogen-bond acceptors (Lipinski definition) is 4. The molecule has 0 spiro atoms. The minimum absolute atomic E-state index is 0.192. The summed E-state index contributed by atoms with van der Waals surface area (Å²) in [6.07, 6.45) is 0.715. The summed E-state index contributed by atoms with van der Waals surface area (Å²) < 4.78 is 40.9. The standard InChI is InChI=1S/C19H23ClFN3O2S/c20-16-6-8-17(9-7-16)27(25,26)22-10-3-11-23-12-14-24(15-13-23)19-5-2-1-4-18(19)21/h1-2,4-9,22H,3,10-15H2. The second-order valence-electron chi connectivity index (χ2n) is 6.49. The molecule has 0 bridgehead atoms. The molecule has 0 aliphatic carbocycles. The molecule has 0 amide bonds. The van der Waals surface area contributed by atoms with Crippen molar-refractivity contribution in [2.45, 2.75) is 11.3 Å². The van der Waals surface area contributed by atoms with Crippen LogP contribution in [0, 0.1) is 5.82 Å².